The van der Waals surface area contributed by atoms with Crippen molar-refractivity contribution in [2.24, 2.45) is 9.98 Å². The molecule has 1 amide bonds. The highest BCUT2D eigenvalue weighted by Gasteiger charge is 2.28. The molecule has 8 heteroatoms. The van der Waals surface area contributed by atoms with Gasteiger partial charge in [-0.1, -0.05) is 25.1 Å². The minimum absolute atomic E-state index is 0.125. The van der Waals surface area contributed by atoms with Crippen molar-refractivity contribution < 1.29 is 19.0 Å². The van der Waals surface area contributed by atoms with Crippen LogP contribution in [0.4, 0.5) is 5.69 Å². The second-order valence-electron chi connectivity index (χ2n) is 8.00. The van der Waals surface area contributed by atoms with Gasteiger partial charge in [0.05, 0.1) is 18.1 Å². The van der Waals surface area contributed by atoms with Crippen LogP contribution in [0.25, 0.3) is 0 Å². The van der Waals surface area contributed by atoms with Crippen molar-refractivity contribution in [2.75, 3.05) is 24.5 Å². The second-order valence-corrected chi connectivity index (χ2v) is 8.97. The van der Waals surface area contributed by atoms with Gasteiger partial charge in [-0.15, -0.1) is 0 Å². The maximum atomic E-state index is 12.5. The van der Waals surface area contributed by atoms with Gasteiger partial charge in [0.25, 0.3) is 0 Å². The molecule has 0 radical (unpaired) electrons. The monoisotopic (exact) mass is 453 g/mol. The standard InChI is InChI=1S/C24H27N3O4S/c1-4-5-12-29-18-9-6-16(7-10-18)22-23(27-24(2,3)26-22)32-14-21(28)25-17-8-11-19-20(13-17)31-15-30-19/h6-11,13H,4-5,12,14-15H2,1-3H3,(H,25,28). The number of rotatable bonds is 8. The molecule has 0 spiro atoms. The van der Waals surface area contributed by atoms with Crippen LogP contribution < -0.4 is 19.5 Å². The number of carbonyl (C=O) groups is 1. The number of carbonyl (C=O) groups excluding carboxylic acids is 1. The summed E-state index contributed by atoms with van der Waals surface area (Å²) >= 11 is 1.38. The average Bonchev–Trinajstić information content (AvgIpc) is 3.36. The number of thioether (sulfide) groups is 1. The van der Waals surface area contributed by atoms with Gasteiger partial charge in [0.1, 0.15) is 16.5 Å². The molecule has 7 nitrogen and oxygen atoms in total. The number of benzene rings is 2. The van der Waals surface area contributed by atoms with Gasteiger partial charge in [0.15, 0.2) is 11.5 Å². The number of nitrogens with one attached hydrogen (secondary N) is 1. The zero-order valence-corrected chi connectivity index (χ0v) is 19.3. The van der Waals surface area contributed by atoms with Gasteiger partial charge >= 0.3 is 0 Å². The van der Waals surface area contributed by atoms with Crippen LogP contribution in [0.2, 0.25) is 0 Å². The normalized spacial score (nSPS) is 15.8. The van der Waals surface area contributed by atoms with Gasteiger partial charge < -0.3 is 19.5 Å². The van der Waals surface area contributed by atoms with E-state index in [1.54, 1.807) is 18.2 Å². The molecule has 2 aromatic carbocycles. The molecule has 0 aliphatic carbocycles. The van der Waals surface area contributed by atoms with Crippen molar-refractivity contribution in [3.8, 4) is 17.2 Å². The van der Waals surface area contributed by atoms with E-state index in [-0.39, 0.29) is 18.5 Å². The largest absolute Gasteiger partial charge is 0.494 e. The molecule has 0 saturated carbocycles. The Balaban J connectivity index is 1.38. The number of ether oxygens (including phenoxy) is 3. The zero-order chi connectivity index (χ0) is 22.6. The minimum Gasteiger partial charge on any atom is -0.494 e. The first-order chi connectivity index (χ1) is 15.4. The molecule has 2 aliphatic rings. The number of amides is 1. The Hall–Kier alpha value is -3.00. The lowest BCUT2D eigenvalue weighted by Gasteiger charge is -2.09. The third-order valence-electron chi connectivity index (χ3n) is 4.85. The summed E-state index contributed by atoms with van der Waals surface area (Å²) in [6, 6.07) is 13.2. The lowest BCUT2D eigenvalue weighted by molar-refractivity contribution is -0.113. The molecule has 168 valence electrons. The number of nitrogens with zero attached hydrogens (tertiary/aromatic N) is 2. The predicted molar refractivity (Wildman–Crippen MR) is 129 cm³/mol. The first kappa shape index (κ1) is 22.2. The van der Waals surface area contributed by atoms with E-state index in [1.165, 1.54) is 11.8 Å². The molecule has 4 rings (SSSR count). The van der Waals surface area contributed by atoms with E-state index in [0.29, 0.717) is 23.8 Å². The molecule has 0 saturated heterocycles. The van der Waals surface area contributed by atoms with Gasteiger partial charge in [0, 0.05) is 17.3 Å². The van der Waals surface area contributed by atoms with Crippen molar-refractivity contribution in [3.05, 3.63) is 48.0 Å². The van der Waals surface area contributed by atoms with Crippen molar-refractivity contribution in [3.63, 3.8) is 0 Å². The molecule has 2 aromatic rings. The summed E-state index contributed by atoms with van der Waals surface area (Å²) in [5, 5.41) is 3.66. The third kappa shape index (κ3) is 5.43. The molecule has 2 aliphatic heterocycles. The van der Waals surface area contributed by atoms with Crippen LogP contribution >= 0.6 is 11.8 Å². The molecular weight excluding hydrogens is 426 g/mol. The molecule has 0 fully saturated rings. The molecule has 0 atom stereocenters. The van der Waals surface area contributed by atoms with Crippen molar-refractivity contribution in [1.29, 1.82) is 0 Å². The number of hydrogen-bond donors (Lipinski definition) is 1. The lowest BCUT2D eigenvalue weighted by Crippen LogP contribution is -2.17. The number of fused-ring (bicyclic) bond motifs is 1. The Labute approximate surface area is 192 Å². The van der Waals surface area contributed by atoms with E-state index in [1.807, 2.05) is 38.1 Å². The topological polar surface area (TPSA) is 81.5 Å². The van der Waals surface area contributed by atoms with Gasteiger partial charge in [-0.25, -0.2) is 4.99 Å². The Kier molecular flexibility index (Phi) is 6.69. The first-order valence-corrected chi connectivity index (χ1v) is 11.7. The van der Waals surface area contributed by atoms with Crippen molar-refractivity contribution in [2.45, 2.75) is 39.3 Å². The highest BCUT2D eigenvalue weighted by molar-refractivity contribution is 8.16. The van der Waals surface area contributed by atoms with Gasteiger partial charge in [-0.3, -0.25) is 9.79 Å². The Morgan fingerprint density at radius 1 is 1.12 bits per heavy atom. The zero-order valence-electron chi connectivity index (χ0n) is 18.5. The smallest absolute Gasteiger partial charge is 0.234 e. The van der Waals surface area contributed by atoms with E-state index in [0.717, 1.165) is 34.9 Å². The number of anilines is 1. The lowest BCUT2D eigenvalue weighted by atomic mass is 10.1. The molecule has 2 heterocycles. The van der Waals surface area contributed by atoms with Crippen molar-refractivity contribution >= 4 is 34.1 Å². The van der Waals surface area contributed by atoms with Crippen LogP contribution in [0.1, 0.15) is 39.2 Å². The molecular formula is C24H27N3O4S. The highest BCUT2D eigenvalue weighted by atomic mass is 32.2. The van der Waals surface area contributed by atoms with E-state index >= 15 is 0 Å². The van der Waals surface area contributed by atoms with Crippen LogP contribution in [0, 0.1) is 0 Å². The Morgan fingerprint density at radius 3 is 2.69 bits per heavy atom. The van der Waals surface area contributed by atoms with Crippen LogP contribution in [0.5, 0.6) is 17.2 Å². The quantitative estimate of drug-likeness (QED) is 0.575. The van der Waals surface area contributed by atoms with Crippen LogP contribution in [0.15, 0.2) is 52.4 Å². The average molecular weight is 454 g/mol. The van der Waals surface area contributed by atoms with Crippen LogP contribution in [-0.4, -0.2) is 41.5 Å². The van der Waals surface area contributed by atoms with Crippen LogP contribution in [0.3, 0.4) is 0 Å². The molecule has 1 N–H and O–H groups in total. The van der Waals surface area contributed by atoms with E-state index in [9.17, 15) is 4.79 Å². The first-order valence-electron chi connectivity index (χ1n) is 10.7. The fourth-order valence-corrected chi connectivity index (χ4v) is 4.21. The van der Waals surface area contributed by atoms with Crippen molar-refractivity contribution in [1.82, 2.24) is 0 Å². The fourth-order valence-electron chi connectivity index (χ4n) is 3.29. The number of hydrogen-bond acceptors (Lipinski definition) is 7. The summed E-state index contributed by atoms with van der Waals surface area (Å²) in [6.07, 6.45) is 2.13. The second kappa shape index (κ2) is 9.65. The molecule has 0 unspecified atom stereocenters. The summed E-state index contributed by atoms with van der Waals surface area (Å²) in [7, 11) is 0. The highest BCUT2D eigenvalue weighted by Crippen LogP contribution is 2.34. The third-order valence-corrected chi connectivity index (χ3v) is 5.82. The molecule has 0 aromatic heterocycles. The summed E-state index contributed by atoms with van der Waals surface area (Å²) in [4.78, 5) is 22.0. The maximum absolute atomic E-state index is 12.5. The predicted octanol–water partition coefficient (Wildman–Crippen LogP) is 4.90. The number of aliphatic imine (C=N–C) groups is 2. The SMILES string of the molecule is CCCCOc1ccc(C2=NC(C)(C)N=C2SCC(=O)Nc2ccc3c(c2)OCO3)cc1. The number of unbranched alkanes of at least 4 members (excludes halogenated alkanes) is 1. The minimum atomic E-state index is -0.554. The van der Waals surface area contributed by atoms with Gasteiger partial charge in [0.2, 0.25) is 12.7 Å². The van der Waals surface area contributed by atoms with Gasteiger partial charge in [-0.2, -0.15) is 0 Å². The Bertz CT molecular complexity index is 1050. The Morgan fingerprint density at radius 2 is 1.91 bits per heavy atom. The van der Waals surface area contributed by atoms with E-state index in [4.69, 9.17) is 24.2 Å². The molecule has 0 bridgehead atoms. The summed E-state index contributed by atoms with van der Waals surface area (Å²) in [6.45, 7) is 6.96. The fraction of sp³-hybridized carbons (Fsp3) is 0.375. The van der Waals surface area contributed by atoms with Gasteiger partial charge in [-0.05, 0) is 56.7 Å². The van der Waals surface area contributed by atoms with E-state index < -0.39 is 5.66 Å². The summed E-state index contributed by atoms with van der Waals surface area (Å²) in [5.74, 6) is 2.26. The van der Waals surface area contributed by atoms with E-state index in [2.05, 4.69) is 12.2 Å². The summed E-state index contributed by atoms with van der Waals surface area (Å²) in [5.41, 5.74) is 1.87. The molecule has 32 heavy (non-hydrogen) atoms. The maximum Gasteiger partial charge on any atom is 0.234 e. The van der Waals surface area contributed by atoms with Crippen LogP contribution in [-0.2, 0) is 4.79 Å². The summed E-state index contributed by atoms with van der Waals surface area (Å²) < 4.78 is 16.4.